The third-order valence-electron chi connectivity index (χ3n) is 5.05. The molecule has 4 nitrogen and oxygen atoms in total. The van der Waals surface area contributed by atoms with Crippen LogP contribution in [0.3, 0.4) is 0 Å². The van der Waals surface area contributed by atoms with Crippen LogP contribution in [0.15, 0.2) is 96.2 Å². The molecule has 3 aromatic carbocycles. The van der Waals surface area contributed by atoms with Gasteiger partial charge in [-0.3, -0.25) is 9.59 Å². The maximum atomic E-state index is 11.9. The quantitative estimate of drug-likeness (QED) is 0.286. The van der Waals surface area contributed by atoms with Gasteiger partial charge in [0.15, 0.2) is 0 Å². The zero-order chi connectivity index (χ0) is 20.1. The normalized spacial score (nSPS) is 14.6. The van der Waals surface area contributed by atoms with Gasteiger partial charge in [-0.2, -0.15) is 0 Å². The molecule has 4 rings (SSSR count). The van der Waals surface area contributed by atoms with Gasteiger partial charge in [-0.25, -0.2) is 0 Å². The second kappa shape index (κ2) is 8.37. The molecule has 1 fully saturated rings. The molecular formula is C24H21NO3Si. The Labute approximate surface area is 171 Å². The van der Waals surface area contributed by atoms with Crippen molar-refractivity contribution in [3.8, 4) is 0 Å². The van der Waals surface area contributed by atoms with E-state index >= 15 is 0 Å². The third-order valence-corrected chi connectivity index (χ3v) is 8.85. The van der Waals surface area contributed by atoms with E-state index in [9.17, 15) is 9.59 Å². The van der Waals surface area contributed by atoms with Crippen molar-refractivity contribution in [2.24, 2.45) is 5.16 Å². The third kappa shape index (κ3) is 3.95. The number of carbonyl (C=O) groups is 2. The number of benzene rings is 3. The first-order chi connectivity index (χ1) is 14.2. The summed E-state index contributed by atoms with van der Waals surface area (Å²) < 4.78 is 6.45. The first-order valence-corrected chi connectivity index (χ1v) is 11.5. The van der Waals surface area contributed by atoms with Crippen molar-refractivity contribution < 1.29 is 14.1 Å². The zero-order valence-electron chi connectivity index (χ0n) is 16.0. The fraction of sp³-hybridized carbons (Fsp3) is 0.125. The molecule has 1 saturated carbocycles. The van der Waals surface area contributed by atoms with E-state index in [1.54, 1.807) is 0 Å². The smallest absolute Gasteiger partial charge is 0.380 e. The van der Waals surface area contributed by atoms with Gasteiger partial charge in [0, 0.05) is 12.8 Å². The van der Waals surface area contributed by atoms with Gasteiger partial charge in [0.05, 0.1) is 12.1 Å². The van der Waals surface area contributed by atoms with Gasteiger partial charge >= 0.3 is 8.32 Å². The molecule has 1 aliphatic rings. The highest BCUT2D eigenvalue weighted by molar-refractivity contribution is 7.07. The molecule has 0 unspecified atom stereocenters. The first-order valence-electron chi connectivity index (χ1n) is 9.62. The molecule has 1 aliphatic carbocycles. The van der Waals surface area contributed by atoms with Crippen molar-refractivity contribution in [1.82, 2.24) is 0 Å². The topological polar surface area (TPSA) is 55.7 Å². The van der Waals surface area contributed by atoms with Gasteiger partial charge in [-0.15, -0.1) is 5.16 Å². The molecule has 144 valence electrons. The van der Waals surface area contributed by atoms with E-state index in [4.69, 9.17) is 4.53 Å². The molecule has 0 radical (unpaired) electrons. The standard InChI is InChI=1S/C24H21NO3Si/c26-20-16-19(17-21(27)18-20)25-28-29(22-10-4-1-5-11-22,23-12-6-2-7-13-23)24-14-8-3-9-15-24/h1-15H,16-18H2. The van der Waals surface area contributed by atoms with Crippen molar-refractivity contribution in [2.75, 3.05) is 0 Å². The molecule has 3 aromatic rings. The highest BCUT2D eigenvalue weighted by Gasteiger charge is 2.45. The molecule has 0 bridgehead atoms. The lowest BCUT2D eigenvalue weighted by Crippen LogP contribution is -2.68. The van der Waals surface area contributed by atoms with Crippen molar-refractivity contribution in [3.05, 3.63) is 91.0 Å². The molecule has 29 heavy (non-hydrogen) atoms. The van der Waals surface area contributed by atoms with Crippen LogP contribution in [0.5, 0.6) is 0 Å². The van der Waals surface area contributed by atoms with Gasteiger partial charge in [0.25, 0.3) is 0 Å². The minimum absolute atomic E-state index is 0.00233. The maximum absolute atomic E-state index is 11.9. The molecule has 0 atom stereocenters. The summed E-state index contributed by atoms with van der Waals surface area (Å²) in [5, 5.41) is 7.58. The highest BCUT2D eigenvalue weighted by atomic mass is 28.4. The summed E-state index contributed by atoms with van der Waals surface area (Å²) in [6.07, 6.45) is 0.348. The second-order valence-electron chi connectivity index (χ2n) is 7.14. The molecule has 0 heterocycles. The maximum Gasteiger partial charge on any atom is 0.380 e. The van der Waals surface area contributed by atoms with Crippen LogP contribution < -0.4 is 15.6 Å². The van der Waals surface area contributed by atoms with Crippen molar-refractivity contribution >= 4 is 41.2 Å². The van der Waals surface area contributed by atoms with Gasteiger partial charge in [-0.1, -0.05) is 91.0 Å². The Bertz CT molecular complexity index is 919. The molecule has 0 amide bonds. The predicted octanol–water partition coefficient (Wildman–Crippen LogP) is 2.35. The van der Waals surface area contributed by atoms with Gasteiger partial charge in [0.2, 0.25) is 0 Å². The average molecular weight is 400 g/mol. The largest absolute Gasteiger partial charge is 0.438 e. The second-order valence-corrected chi connectivity index (χ2v) is 10.4. The summed E-state index contributed by atoms with van der Waals surface area (Å²) >= 11 is 0. The molecule has 0 aliphatic heterocycles. The van der Waals surface area contributed by atoms with Gasteiger partial charge in [0.1, 0.15) is 11.6 Å². The van der Waals surface area contributed by atoms with Crippen molar-refractivity contribution in [1.29, 1.82) is 0 Å². The van der Waals surface area contributed by atoms with Crippen LogP contribution in [0.25, 0.3) is 0 Å². The Balaban J connectivity index is 1.88. The Morgan fingerprint density at radius 3 is 1.34 bits per heavy atom. The highest BCUT2D eigenvalue weighted by Crippen LogP contribution is 2.14. The number of hydrogen-bond donors (Lipinski definition) is 0. The molecular weight excluding hydrogens is 378 g/mol. The Morgan fingerprint density at radius 1 is 0.586 bits per heavy atom. The Morgan fingerprint density at radius 2 is 0.966 bits per heavy atom. The van der Waals surface area contributed by atoms with E-state index in [1.807, 2.05) is 54.6 Å². The number of nitrogens with zero attached hydrogens (tertiary/aromatic N) is 1. The SMILES string of the molecule is O=C1CC(=O)CC(=NO[Si](c2ccccc2)(c2ccccc2)c2ccccc2)C1. The van der Waals surface area contributed by atoms with Gasteiger partial charge in [-0.05, 0) is 15.6 Å². The van der Waals surface area contributed by atoms with Crippen molar-refractivity contribution in [2.45, 2.75) is 19.3 Å². The van der Waals surface area contributed by atoms with Crippen LogP contribution in [0.4, 0.5) is 0 Å². The molecule has 0 spiro atoms. The Kier molecular flexibility index (Phi) is 5.49. The van der Waals surface area contributed by atoms with Crippen LogP contribution in [0, 0.1) is 0 Å². The van der Waals surface area contributed by atoms with Crippen LogP contribution in [0.2, 0.25) is 0 Å². The fourth-order valence-corrected chi connectivity index (χ4v) is 7.30. The zero-order valence-corrected chi connectivity index (χ0v) is 17.0. The fourth-order valence-electron chi connectivity index (χ4n) is 3.74. The number of carbonyl (C=O) groups excluding carboxylic acids is 2. The molecule has 0 aromatic heterocycles. The summed E-state index contributed by atoms with van der Waals surface area (Å²) in [4.78, 5) is 23.7. The summed E-state index contributed by atoms with van der Waals surface area (Å²) in [7, 11) is -2.96. The van der Waals surface area contributed by atoms with Crippen LogP contribution >= 0.6 is 0 Å². The van der Waals surface area contributed by atoms with E-state index in [-0.39, 0.29) is 30.8 Å². The number of rotatable bonds is 5. The number of Topliss-reactive ketones (excluding diaryl/α,β-unsaturated/α-hetero) is 2. The van der Waals surface area contributed by atoms with Crippen molar-refractivity contribution in [3.63, 3.8) is 0 Å². The molecule has 5 heteroatoms. The molecule has 0 N–H and O–H groups in total. The molecule has 0 saturated heterocycles. The lowest BCUT2D eigenvalue weighted by Gasteiger charge is -2.30. The summed E-state index contributed by atoms with van der Waals surface area (Å²) in [6.45, 7) is 0. The lowest BCUT2D eigenvalue weighted by atomic mass is 9.96. The van der Waals surface area contributed by atoms with Crippen LogP contribution in [-0.2, 0) is 14.1 Å². The average Bonchev–Trinajstić information content (AvgIpc) is 2.76. The monoisotopic (exact) mass is 399 g/mol. The number of hydrogen-bond acceptors (Lipinski definition) is 4. The van der Waals surface area contributed by atoms with E-state index in [0.717, 1.165) is 15.6 Å². The predicted molar refractivity (Wildman–Crippen MR) is 116 cm³/mol. The summed E-state index contributed by atoms with van der Waals surface area (Å²) in [6, 6.07) is 30.2. The van der Waals surface area contributed by atoms with Crippen LogP contribution in [0.1, 0.15) is 19.3 Å². The first kappa shape index (κ1) is 19.0. The van der Waals surface area contributed by atoms with E-state index in [2.05, 4.69) is 41.6 Å². The van der Waals surface area contributed by atoms with E-state index in [0.29, 0.717) is 5.71 Å². The summed E-state index contributed by atoms with van der Waals surface area (Å²) in [5.74, 6) is -0.204. The van der Waals surface area contributed by atoms with E-state index in [1.165, 1.54) is 0 Å². The Hall–Kier alpha value is -3.31. The lowest BCUT2D eigenvalue weighted by molar-refractivity contribution is -0.126. The minimum atomic E-state index is -2.96. The summed E-state index contributed by atoms with van der Waals surface area (Å²) in [5.41, 5.74) is 0.505. The van der Waals surface area contributed by atoms with E-state index < -0.39 is 8.32 Å². The minimum Gasteiger partial charge on any atom is -0.438 e. The number of ketones is 2. The van der Waals surface area contributed by atoms with Gasteiger partial charge < -0.3 is 4.53 Å². The van der Waals surface area contributed by atoms with Crippen LogP contribution in [-0.4, -0.2) is 25.6 Å². The number of oxime groups is 1.